The van der Waals surface area contributed by atoms with Gasteiger partial charge in [0.15, 0.2) is 0 Å². The predicted molar refractivity (Wildman–Crippen MR) is 124 cm³/mol. The van der Waals surface area contributed by atoms with Gasteiger partial charge < -0.3 is 20.1 Å². The number of hydrogen-bond acceptors (Lipinski definition) is 4. The van der Waals surface area contributed by atoms with Crippen molar-refractivity contribution >= 4 is 11.7 Å². The maximum absolute atomic E-state index is 12.5. The Kier molecular flexibility index (Phi) is 7.07. The summed E-state index contributed by atoms with van der Waals surface area (Å²) in [5, 5.41) is 10.5. The monoisotopic (exact) mass is 434 g/mol. The van der Waals surface area contributed by atoms with Crippen LogP contribution in [0, 0.1) is 13.8 Å². The van der Waals surface area contributed by atoms with E-state index in [1.165, 1.54) is 5.56 Å². The number of anilines is 1. The number of urea groups is 1. The van der Waals surface area contributed by atoms with Gasteiger partial charge in [-0.3, -0.25) is 4.68 Å². The molecule has 2 amide bonds. The van der Waals surface area contributed by atoms with Crippen molar-refractivity contribution in [1.29, 1.82) is 0 Å². The van der Waals surface area contributed by atoms with E-state index in [1.807, 2.05) is 61.0 Å². The second-order valence-corrected chi connectivity index (χ2v) is 8.07. The van der Waals surface area contributed by atoms with Crippen LogP contribution in [0.3, 0.4) is 0 Å². The first-order valence-electron chi connectivity index (χ1n) is 11.0. The summed E-state index contributed by atoms with van der Waals surface area (Å²) in [6, 6.07) is 17.4. The summed E-state index contributed by atoms with van der Waals surface area (Å²) in [5.74, 6) is 0.715. The molecule has 1 unspecified atom stereocenters. The third-order valence-electron chi connectivity index (χ3n) is 5.68. The first-order valence-corrected chi connectivity index (χ1v) is 11.0. The van der Waals surface area contributed by atoms with Gasteiger partial charge in [-0.05, 0) is 44.4 Å². The molecule has 0 saturated carbocycles. The van der Waals surface area contributed by atoms with Gasteiger partial charge in [-0.2, -0.15) is 5.10 Å². The molecular weight excluding hydrogens is 404 g/mol. The van der Waals surface area contributed by atoms with Crippen LogP contribution in [0.15, 0.2) is 54.6 Å². The average Bonchev–Trinajstić information content (AvgIpc) is 3.40. The van der Waals surface area contributed by atoms with Crippen LogP contribution in [0.25, 0.3) is 0 Å². The molecule has 1 aliphatic heterocycles. The first kappa shape index (κ1) is 21.9. The number of ether oxygens (including phenoxy) is 2. The first-order chi connectivity index (χ1) is 15.6. The quantitative estimate of drug-likeness (QED) is 0.550. The van der Waals surface area contributed by atoms with Crippen LogP contribution in [0.4, 0.5) is 10.5 Å². The van der Waals surface area contributed by atoms with Crippen molar-refractivity contribution in [3.8, 4) is 5.75 Å². The Hall–Kier alpha value is -3.32. The Bertz CT molecular complexity index is 1040. The van der Waals surface area contributed by atoms with Gasteiger partial charge in [-0.1, -0.05) is 36.4 Å². The molecule has 3 aromatic rings. The van der Waals surface area contributed by atoms with Gasteiger partial charge >= 0.3 is 6.03 Å². The molecule has 4 rings (SSSR count). The SMILES string of the molecule is Cc1nn(Cc2ccccc2)c(C)c1CNC(=O)Nc1cccc(OCC2CCCO2)c1. The summed E-state index contributed by atoms with van der Waals surface area (Å²) in [6.45, 7) is 6.46. The van der Waals surface area contributed by atoms with E-state index in [1.54, 1.807) is 0 Å². The lowest BCUT2D eigenvalue weighted by atomic mass is 10.2. The summed E-state index contributed by atoms with van der Waals surface area (Å²) in [4.78, 5) is 12.5. The normalized spacial score (nSPS) is 15.5. The molecule has 32 heavy (non-hydrogen) atoms. The molecule has 1 aliphatic rings. The number of hydrogen-bond donors (Lipinski definition) is 2. The van der Waals surface area contributed by atoms with Crippen molar-refractivity contribution in [1.82, 2.24) is 15.1 Å². The van der Waals surface area contributed by atoms with Gasteiger partial charge in [0, 0.05) is 36.2 Å². The largest absolute Gasteiger partial charge is 0.491 e. The van der Waals surface area contributed by atoms with Crippen molar-refractivity contribution in [2.45, 2.75) is 45.9 Å². The van der Waals surface area contributed by atoms with Gasteiger partial charge in [-0.25, -0.2) is 4.79 Å². The molecule has 2 N–H and O–H groups in total. The number of nitrogens with zero attached hydrogens (tertiary/aromatic N) is 2. The Morgan fingerprint density at radius 2 is 2.03 bits per heavy atom. The minimum Gasteiger partial charge on any atom is -0.491 e. The molecule has 0 spiro atoms. The Morgan fingerprint density at radius 1 is 1.19 bits per heavy atom. The van der Waals surface area contributed by atoms with Gasteiger partial charge in [0.2, 0.25) is 0 Å². The van der Waals surface area contributed by atoms with E-state index in [2.05, 4.69) is 27.9 Å². The van der Waals surface area contributed by atoms with E-state index in [9.17, 15) is 4.79 Å². The Balaban J connectivity index is 1.31. The zero-order valence-corrected chi connectivity index (χ0v) is 18.6. The third-order valence-corrected chi connectivity index (χ3v) is 5.68. The van der Waals surface area contributed by atoms with Crippen molar-refractivity contribution in [2.24, 2.45) is 0 Å². The second kappa shape index (κ2) is 10.3. The fourth-order valence-corrected chi connectivity index (χ4v) is 3.87. The maximum Gasteiger partial charge on any atom is 0.319 e. The lowest BCUT2D eigenvalue weighted by Gasteiger charge is -2.13. The van der Waals surface area contributed by atoms with Crippen LogP contribution in [-0.2, 0) is 17.8 Å². The molecule has 7 heteroatoms. The minimum atomic E-state index is -0.268. The van der Waals surface area contributed by atoms with Gasteiger partial charge in [0.25, 0.3) is 0 Å². The van der Waals surface area contributed by atoms with E-state index >= 15 is 0 Å². The standard InChI is InChI=1S/C25H30N4O3/c1-18-24(19(2)29(28-18)16-20-8-4-3-5-9-20)15-26-25(30)27-21-10-6-11-22(14-21)32-17-23-12-7-13-31-23/h3-6,8-11,14,23H,7,12-13,15-17H2,1-2H3,(H2,26,27,30). The van der Waals surface area contributed by atoms with Crippen LogP contribution >= 0.6 is 0 Å². The van der Waals surface area contributed by atoms with Crippen LogP contribution in [-0.4, -0.2) is 35.1 Å². The smallest absolute Gasteiger partial charge is 0.319 e. The highest BCUT2D eigenvalue weighted by Crippen LogP contribution is 2.20. The van der Waals surface area contributed by atoms with Crippen LogP contribution in [0.5, 0.6) is 5.75 Å². The highest BCUT2D eigenvalue weighted by atomic mass is 16.5. The van der Waals surface area contributed by atoms with Crippen LogP contribution < -0.4 is 15.4 Å². The molecule has 1 saturated heterocycles. The number of aromatic nitrogens is 2. The topological polar surface area (TPSA) is 77.4 Å². The fraction of sp³-hybridized carbons (Fsp3) is 0.360. The number of rotatable bonds is 8. The number of aryl methyl sites for hydroxylation is 1. The van der Waals surface area contributed by atoms with Crippen molar-refractivity contribution in [3.63, 3.8) is 0 Å². The summed E-state index contributed by atoms with van der Waals surface area (Å²) < 4.78 is 13.4. The highest BCUT2D eigenvalue weighted by Gasteiger charge is 2.16. The molecule has 2 aromatic carbocycles. The summed E-state index contributed by atoms with van der Waals surface area (Å²) >= 11 is 0. The molecule has 1 atom stereocenters. The number of carbonyl (C=O) groups is 1. The maximum atomic E-state index is 12.5. The number of benzene rings is 2. The average molecular weight is 435 g/mol. The molecular formula is C25H30N4O3. The predicted octanol–water partition coefficient (Wildman–Crippen LogP) is 4.43. The fourth-order valence-electron chi connectivity index (χ4n) is 3.87. The summed E-state index contributed by atoms with van der Waals surface area (Å²) in [7, 11) is 0. The molecule has 2 heterocycles. The number of amides is 2. The van der Waals surface area contributed by atoms with Crippen LogP contribution in [0.2, 0.25) is 0 Å². The zero-order valence-electron chi connectivity index (χ0n) is 18.6. The zero-order chi connectivity index (χ0) is 22.3. The lowest BCUT2D eigenvalue weighted by Crippen LogP contribution is -2.28. The van der Waals surface area contributed by atoms with Crippen molar-refractivity contribution in [2.75, 3.05) is 18.5 Å². The number of carbonyl (C=O) groups excluding carboxylic acids is 1. The summed E-state index contributed by atoms with van der Waals surface area (Å²) in [5.41, 5.74) is 4.88. The van der Waals surface area contributed by atoms with Crippen LogP contribution in [0.1, 0.15) is 35.4 Å². The minimum absolute atomic E-state index is 0.157. The van der Waals surface area contributed by atoms with E-state index in [0.29, 0.717) is 31.1 Å². The second-order valence-electron chi connectivity index (χ2n) is 8.07. The molecule has 7 nitrogen and oxygen atoms in total. The molecule has 0 bridgehead atoms. The van der Waals surface area contributed by atoms with Crippen molar-refractivity contribution < 1.29 is 14.3 Å². The Labute approximate surface area is 188 Å². The summed E-state index contributed by atoms with van der Waals surface area (Å²) in [6.07, 6.45) is 2.27. The van der Waals surface area contributed by atoms with E-state index in [-0.39, 0.29) is 12.1 Å². The molecule has 0 aliphatic carbocycles. The van der Waals surface area contributed by atoms with Crippen molar-refractivity contribution in [3.05, 3.63) is 77.1 Å². The molecule has 0 radical (unpaired) electrons. The van der Waals surface area contributed by atoms with E-state index in [0.717, 1.165) is 36.4 Å². The lowest BCUT2D eigenvalue weighted by molar-refractivity contribution is 0.0680. The Morgan fingerprint density at radius 3 is 2.81 bits per heavy atom. The van der Waals surface area contributed by atoms with Gasteiger partial charge in [0.05, 0.1) is 18.3 Å². The molecule has 1 fully saturated rings. The van der Waals surface area contributed by atoms with Gasteiger partial charge in [0.1, 0.15) is 12.4 Å². The molecule has 1 aromatic heterocycles. The highest BCUT2D eigenvalue weighted by molar-refractivity contribution is 5.89. The van der Waals surface area contributed by atoms with E-state index in [4.69, 9.17) is 9.47 Å². The number of nitrogens with one attached hydrogen (secondary N) is 2. The van der Waals surface area contributed by atoms with Gasteiger partial charge in [-0.15, -0.1) is 0 Å². The molecule has 168 valence electrons. The third kappa shape index (κ3) is 5.68. The van der Waals surface area contributed by atoms with E-state index < -0.39 is 0 Å².